The van der Waals surface area contributed by atoms with Gasteiger partial charge in [0.2, 0.25) is 0 Å². The SMILES string of the molecule is CCCCCC(c1ccc(C(=O)C2CC2)cc1)C(C(=O)O)C(=O)O. The third-order valence-electron chi connectivity index (χ3n) is 4.62. The van der Waals surface area contributed by atoms with Crippen molar-refractivity contribution in [2.24, 2.45) is 11.8 Å². The topological polar surface area (TPSA) is 91.7 Å². The Balaban J connectivity index is 2.22. The van der Waals surface area contributed by atoms with Gasteiger partial charge >= 0.3 is 11.9 Å². The monoisotopic (exact) mass is 332 g/mol. The molecule has 130 valence electrons. The van der Waals surface area contributed by atoms with Gasteiger partial charge in [0.05, 0.1) is 0 Å². The van der Waals surface area contributed by atoms with Crippen molar-refractivity contribution in [3.8, 4) is 0 Å². The van der Waals surface area contributed by atoms with Crippen LogP contribution < -0.4 is 0 Å². The van der Waals surface area contributed by atoms with E-state index < -0.39 is 23.8 Å². The smallest absolute Gasteiger partial charge is 0.318 e. The van der Waals surface area contributed by atoms with E-state index in [1.807, 2.05) is 6.92 Å². The number of hydrogen-bond donors (Lipinski definition) is 2. The molecule has 5 nitrogen and oxygen atoms in total. The highest BCUT2D eigenvalue weighted by molar-refractivity contribution is 5.99. The van der Waals surface area contributed by atoms with E-state index in [0.29, 0.717) is 17.5 Å². The summed E-state index contributed by atoms with van der Waals surface area (Å²) in [5.74, 6) is -4.44. The summed E-state index contributed by atoms with van der Waals surface area (Å²) < 4.78 is 0. The van der Waals surface area contributed by atoms with E-state index >= 15 is 0 Å². The highest BCUT2D eigenvalue weighted by Gasteiger charge is 2.36. The fourth-order valence-electron chi connectivity index (χ4n) is 3.07. The molecule has 0 bridgehead atoms. The molecule has 1 saturated carbocycles. The van der Waals surface area contributed by atoms with Gasteiger partial charge in [-0.05, 0) is 24.8 Å². The molecule has 0 aliphatic heterocycles. The molecule has 1 aromatic carbocycles. The quantitative estimate of drug-likeness (QED) is 0.387. The van der Waals surface area contributed by atoms with Crippen LogP contribution in [0.4, 0.5) is 0 Å². The van der Waals surface area contributed by atoms with Gasteiger partial charge in [-0.3, -0.25) is 14.4 Å². The van der Waals surface area contributed by atoms with Gasteiger partial charge in [-0.15, -0.1) is 0 Å². The number of benzene rings is 1. The molecule has 5 heteroatoms. The lowest BCUT2D eigenvalue weighted by Crippen LogP contribution is -2.30. The predicted molar refractivity (Wildman–Crippen MR) is 89.1 cm³/mol. The van der Waals surface area contributed by atoms with Gasteiger partial charge in [-0.2, -0.15) is 0 Å². The minimum Gasteiger partial charge on any atom is -0.481 e. The molecule has 0 heterocycles. The first kappa shape index (κ1) is 18.2. The average Bonchev–Trinajstić information content (AvgIpc) is 3.37. The van der Waals surface area contributed by atoms with Gasteiger partial charge < -0.3 is 10.2 Å². The molecule has 1 fully saturated rings. The Morgan fingerprint density at radius 2 is 1.62 bits per heavy atom. The molecule has 1 aromatic rings. The summed E-state index contributed by atoms with van der Waals surface area (Å²) in [5.41, 5.74) is 1.30. The van der Waals surface area contributed by atoms with E-state index in [0.717, 1.165) is 32.1 Å². The zero-order valence-corrected chi connectivity index (χ0v) is 13.9. The van der Waals surface area contributed by atoms with Crippen molar-refractivity contribution in [1.82, 2.24) is 0 Å². The molecule has 24 heavy (non-hydrogen) atoms. The van der Waals surface area contributed by atoms with Crippen molar-refractivity contribution in [3.05, 3.63) is 35.4 Å². The van der Waals surface area contributed by atoms with Gasteiger partial charge in [0.1, 0.15) is 0 Å². The van der Waals surface area contributed by atoms with E-state index in [-0.39, 0.29) is 11.7 Å². The van der Waals surface area contributed by atoms with E-state index in [1.165, 1.54) is 0 Å². The molecule has 0 spiro atoms. The Labute approximate surface area is 141 Å². The fourth-order valence-corrected chi connectivity index (χ4v) is 3.07. The minimum absolute atomic E-state index is 0.122. The molecular weight excluding hydrogens is 308 g/mol. The maximum atomic E-state index is 12.1. The predicted octanol–water partition coefficient (Wildman–Crippen LogP) is 3.73. The van der Waals surface area contributed by atoms with Crippen molar-refractivity contribution in [1.29, 1.82) is 0 Å². The lowest BCUT2D eigenvalue weighted by Gasteiger charge is -2.21. The van der Waals surface area contributed by atoms with E-state index in [4.69, 9.17) is 0 Å². The van der Waals surface area contributed by atoms with Gasteiger partial charge in [0.25, 0.3) is 0 Å². The molecule has 1 atom stereocenters. The zero-order valence-electron chi connectivity index (χ0n) is 13.9. The van der Waals surface area contributed by atoms with E-state index in [9.17, 15) is 24.6 Å². The summed E-state index contributed by atoms with van der Waals surface area (Å²) in [6.07, 6.45) is 5.06. The second-order valence-corrected chi connectivity index (χ2v) is 6.52. The van der Waals surface area contributed by atoms with Crippen LogP contribution in [0.3, 0.4) is 0 Å². The normalized spacial score (nSPS) is 15.2. The van der Waals surface area contributed by atoms with Crippen molar-refractivity contribution in [2.45, 2.75) is 51.4 Å². The van der Waals surface area contributed by atoms with Crippen molar-refractivity contribution >= 4 is 17.7 Å². The lowest BCUT2D eigenvalue weighted by molar-refractivity contribution is -0.155. The zero-order chi connectivity index (χ0) is 17.7. The van der Waals surface area contributed by atoms with Gasteiger partial charge in [0.15, 0.2) is 11.7 Å². The summed E-state index contributed by atoms with van der Waals surface area (Å²) in [4.78, 5) is 34.9. The fraction of sp³-hybridized carbons (Fsp3) is 0.526. The number of carbonyl (C=O) groups excluding carboxylic acids is 1. The maximum Gasteiger partial charge on any atom is 0.318 e. The molecule has 1 aliphatic carbocycles. The van der Waals surface area contributed by atoms with Crippen LogP contribution in [-0.2, 0) is 9.59 Å². The Morgan fingerprint density at radius 1 is 1.04 bits per heavy atom. The number of carboxylic acid groups (broad SMARTS) is 2. The molecule has 2 rings (SSSR count). The number of carboxylic acids is 2. The molecular formula is C19H24O5. The van der Waals surface area contributed by atoms with Crippen LogP contribution >= 0.6 is 0 Å². The third kappa shape index (κ3) is 4.43. The van der Waals surface area contributed by atoms with Gasteiger partial charge in [0, 0.05) is 17.4 Å². The number of ketones is 1. The number of rotatable bonds is 10. The lowest BCUT2D eigenvalue weighted by atomic mass is 9.81. The Kier molecular flexibility index (Phi) is 6.12. The van der Waals surface area contributed by atoms with Crippen LogP contribution in [0.15, 0.2) is 24.3 Å². The van der Waals surface area contributed by atoms with Crippen LogP contribution in [-0.4, -0.2) is 27.9 Å². The first-order valence-electron chi connectivity index (χ1n) is 8.55. The van der Waals surface area contributed by atoms with E-state index in [2.05, 4.69) is 0 Å². The number of carbonyl (C=O) groups is 3. The summed E-state index contributed by atoms with van der Waals surface area (Å²) >= 11 is 0. The Bertz CT molecular complexity index is 587. The Morgan fingerprint density at radius 3 is 2.08 bits per heavy atom. The maximum absolute atomic E-state index is 12.1. The number of Topliss-reactive ketones (excluding diaryl/α,β-unsaturated/α-hetero) is 1. The molecule has 1 aliphatic rings. The standard InChI is InChI=1S/C19H24O5/c1-2-3-4-5-15(16(18(21)22)19(23)24)12-6-8-13(9-7-12)17(20)14-10-11-14/h6-9,14-16H,2-5,10-11H2,1H3,(H,21,22)(H,23,24). The van der Waals surface area contributed by atoms with Crippen LogP contribution in [0.2, 0.25) is 0 Å². The molecule has 0 amide bonds. The second-order valence-electron chi connectivity index (χ2n) is 6.52. The van der Waals surface area contributed by atoms with Gasteiger partial charge in [-0.1, -0.05) is 50.5 Å². The highest BCUT2D eigenvalue weighted by atomic mass is 16.4. The first-order valence-corrected chi connectivity index (χ1v) is 8.55. The summed E-state index contributed by atoms with van der Waals surface area (Å²) in [7, 11) is 0. The van der Waals surface area contributed by atoms with Crippen molar-refractivity contribution in [3.63, 3.8) is 0 Å². The van der Waals surface area contributed by atoms with E-state index in [1.54, 1.807) is 24.3 Å². The molecule has 2 N–H and O–H groups in total. The summed E-state index contributed by atoms with van der Waals surface area (Å²) in [6, 6.07) is 6.82. The van der Waals surface area contributed by atoms with Crippen LogP contribution in [0.1, 0.15) is 67.3 Å². The van der Waals surface area contributed by atoms with Crippen LogP contribution in [0.25, 0.3) is 0 Å². The largest absolute Gasteiger partial charge is 0.481 e. The summed E-state index contributed by atoms with van der Waals surface area (Å²) in [5, 5.41) is 18.6. The third-order valence-corrected chi connectivity index (χ3v) is 4.62. The number of aliphatic carboxylic acids is 2. The van der Waals surface area contributed by atoms with Crippen molar-refractivity contribution in [2.75, 3.05) is 0 Å². The molecule has 0 aromatic heterocycles. The highest BCUT2D eigenvalue weighted by Crippen LogP contribution is 2.34. The number of hydrogen-bond acceptors (Lipinski definition) is 3. The first-order chi connectivity index (χ1) is 11.5. The molecule has 0 saturated heterocycles. The van der Waals surface area contributed by atoms with Crippen molar-refractivity contribution < 1.29 is 24.6 Å². The Hall–Kier alpha value is -2.17. The van der Waals surface area contributed by atoms with Gasteiger partial charge in [-0.25, -0.2) is 0 Å². The van der Waals surface area contributed by atoms with Crippen LogP contribution in [0, 0.1) is 11.8 Å². The molecule has 0 radical (unpaired) electrons. The second kappa shape index (κ2) is 8.08. The summed E-state index contributed by atoms with van der Waals surface area (Å²) in [6.45, 7) is 2.04. The molecule has 1 unspecified atom stereocenters. The van der Waals surface area contributed by atoms with Crippen LogP contribution in [0.5, 0.6) is 0 Å². The number of unbranched alkanes of at least 4 members (excludes halogenated alkanes) is 2. The minimum atomic E-state index is -1.47. The average molecular weight is 332 g/mol.